The van der Waals surface area contributed by atoms with Gasteiger partial charge in [-0.2, -0.15) is 0 Å². The monoisotopic (exact) mass is 386 g/mol. The van der Waals surface area contributed by atoms with Crippen molar-refractivity contribution in [3.8, 4) is 11.5 Å². The zero-order valence-electron chi connectivity index (χ0n) is 16.0. The van der Waals surface area contributed by atoms with Crippen molar-refractivity contribution in [2.45, 2.75) is 6.54 Å². The van der Waals surface area contributed by atoms with E-state index in [2.05, 4.69) is 0 Å². The molecular weight excluding hydrogens is 362 g/mol. The van der Waals surface area contributed by atoms with Crippen molar-refractivity contribution in [1.29, 1.82) is 0 Å². The first-order chi connectivity index (χ1) is 13.5. The number of nitro benzene ring substituents is 1. The first-order valence-electron chi connectivity index (χ1n) is 9.09. The maximum Gasteiger partial charge on any atom is 0.269 e. The van der Waals surface area contributed by atoms with Crippen molar-refractivity contribution in [3.63, 3.8) is 0 Å². The molecule has 0 bridgehead atoms. The van der Waals surface area contributed by atoms with Gasteiger partial charge in [-0.05, 0) is 12.1 Å². The van der Waals surface area contributed by atoms with Crippen molar-refractivity contribution in [2.24, 2.45) is 0 Å². The lowest BCUT2D eigenvalue weighted by molar-refractivity contribution is -0.917. The van der Waals surface area contributed by atoms with Gasteiger partial charge in [-0.15, -0.1) is 0 Å². The molecule has 1 fully saturated rings. The van der Waals surface area contributed by atoms with E-state index in [1.54, 1.807) is 44.6 Å². The van der Waals surface area contributed by atoms with E-state index < -0.39 is 0 Å². The van der Waals surface area contributed by atoms with Gasteiger partial charge in [-0.1, -0.05) is 12.1 Å². The minimum absolute atomic E-state index is 0.0494. The molecule has 1 amide bonds. The van der Waals surface area contributed by atoms with Gasteiger partial charge in [0.15, 0.2) is 0 Å². The number of nitrogens with zero attached hydrogens (tertiary/aromatic N) is 2. The van der Waals surface area contributed by atoms with Gasteiger partial charge in [-0.3, -0.25) is 14.9 Å². The highest BCUT2D eigenvalue weighted by Crippen LogP contribution is 2.23. The summed E-state index contributed by atoms with van der Waals surface area (Å²) in [4.78, 5) is 26.5. The fourth-order valence-electron chi connectivity index (χ4n) is 3.38. The average Bonchev–Trinajstić information content (AvgIpc) is 2.73. The standard InChI is InChI=1S/C20H23N3O5/c1-27-18-11-16(12-19(13-18)28-2)20(24)22-8-6-21(7-9-22)14-15-4-3-5-17(10-15)23(25)26/h3-5,10-13H,6-9,14H2,1-2H3/p+1. The average molecular weight is 386 g/mol. The van der Waals surface area contributed by atoms with Gasteiger partial charge in [0.05, 0.1) is 45.3 Å². The molecular formula is C20H24N3O5+. The molecule has 8 heteroatoms. The van der Waals surface area contributed by atoms with Crippen LogP contribution in [0.15, 0.2) is 42.5 Å². The number of quaternary nitrogens is 1. The summed E-state index contributed by atoms with van der Waals surface area (Å²) in [5.74, 6) is 1.11. The first kappa shape index (κ1) is 19.6. The third-order valence-corrected chi connectivity index (χ3v) is 4.93. The largest absolute Gasteiger partial charge is 0.497 e. The van der Waals surface area contributed by atoms with E-state index in [1.807, 2.05) is 11.0 Å². The van der Waals surface area contributed by atoms with Crippen LogP contribution >= 0.6 is 0 Å². The highest BCUT2D eigenvalue weighted by Gasteiger charge is 2.25. The van der Waals surface area contributed by atoms with Gasteiger partial charge in [0, 0.05) is 29.3 Å². The molecule has 1 aliphatic heterocycles. The maximum absolute atomic E-state index is 12.9. The number of carbonyl (C=O) groups excluding carboxylic acids is 1. The summed E-state index contributed by atoms with van der Waals surface area (Å²) in [7, 11) is 3.11. The van der Waals surface area contributed by atoms with E-state index in [-0.39, 0.29) is 16.5 Å². The molecule has 148 valence electrons. The van der Waals surface area contributed by atoms with Crippen LogP contribution in [-0.4, -0.2) is 56.1 Å². The number of methoxy groups -OCH3 is 2. The van der Waals surface area contributed by atoms with Gasteiger partial charge in [0.1, 0.15) is 18.0 Å². The molecule has 1 aliphatic rings. The molecule has 0 radical (unpaired) electrons. The summed E-state index contributed by atoms with van der Waals surface area (Å²) in [5.41, 5.74) is 1.58. The lowest BCUT2D eigenvalue weighted by atomic mass is 10.1. The molecule has 0 saturated carbocycles. The van der Waals surface area contributed by atoms with Gasteiger partial charge < -0.3 is 19.3 Å². The van der Waals surface area contributed by atoms with E-state index in [0.717, 1.165) is 18.7 Å². The fourth-order valence-corrected chi connectivity index (χ4v) is 3.38. The number of hydrogen-bond acceptors (Lipinski definition) is 5. The van der Waals surface area contributed by atoms with Crippen LogP contribution in [0, 0.1) is 10.1 Å². The van der Waals surface area contributed by atoms with Crippen molar-refractivity contribution >= 4 is 11.6 Å². The highest BCUT2D eigenvalue weighted by atomic mass is 16.6. The number of non-ortho nitro benzene ring substituents is 1. The number of ether oxygens (including phenoxy) is 2. The lowest BCUT2D eigenvalue weighted by Gasteiger charge is -2.32. The summed E-state index contributed by atoms with van der Waals surface area (Å²) >= 11 is 0. The number of nitrogens with one attached hydrogen (secondary N) is 1. The lowest BCUT2D eigenvalue weighted by Crippen LogP contribution is -3.13. The number of benzene rings is 2. The third-order valence-electron chi connectivity index (χ3n) is 4.93. The molecule has 0 atom stereocenters. The van der Waals surface area contributed by atoms with Gasteiger partial charge >= 0.3 is 0 Å². The molecule has 1 saturated heterocycles. The minimum Gasteiger partial charge on any atom is -0.497 e. The molecule has 0 aliphatic carbocycles. The first-order valence-corrected chi connectivity index (χ1v) is 9.09. The maximum atomic E-state index is 12.9. The van der Waals surface area contributed by atoms with Crippen LogP contribution in [-0.2, 0) is 6.54 Å². The van der Waals surface area contributed by atoms with Gasteiger partial charge in [0.25, 0.3) is 11.6 Å². The van der Waals surface area contributed by atoms with E-state index in [1.165, 1.54) is 11.0 Å². The Hall–Kier alpha value is -3.13. The predicted molar refractivity (Wildman–Crippen MR) is 103 cm³/mol. The molecule has 0 spiro atoms. The zero-order chi connectivity index (χ0) is 20.1. The number of carbonyl (C=O) groups is 1. The molecule has 8 nitrogen and oxygen atoms in total. The molecule has 1 heterocycles. The quantitative estimate of drug-likeness (QED) is 0.595. The number of amides is 1. The summed E-state index contributed by atoms with van der Waals surface area (Å²) in [6.07, 6.45) is 0. The van der Waals surface area contributed by atoms with Crippen molar-refractivity contribution in [2.75, 3.05) is 40.4 Å². The van der Waals surface area contributed by atoms with Crippen molar-refractivity contribution < 1.29 is 24.1 Å². The number of piperazine rings is 1. The van der Waals surface area contributed by atoms with E-state index >= 15 is 0 Å². The summed E-state index contributed by atoms with van der Waals surface area (Å²) in [5, 5.41) is 10.9. The number of rotatable bonds is 6. The summed E-state index contributed by atoms with van der Waals surface area (Å²) in [6, 6.07) is 11.9. The Balaban J connectivity index is 1.61. The number of nitro groups is 1. The van der Waals surface area contributed by atoms with Crippen LogP contribution in [0.1, 0.15) is 15.9 Å². The van der Waals surface area contributed by atoms with E-state index in [0.29, 0.717) is 36.7 Å². The Morgan fingerprint density at radius 2 is 1.75 bits per heavy atom. The SMILES string of the molecule is COc1cc(OC)cc(C(=O)N2CC[NH+](Cc3cccc([N+](=O)[O-])c3)CC2)c1. The Labute approximate surface area is 163 Å². The fraction of sp³-hybridized carbons (Fsp3) is 0.350. The third kappa shape index (κ3) is 4.58. The van der Waals surface area contributed by atoms with Crippen molar-refractivity contribution in [1.82, 2.24) is 4.90 Å². The van der Waals surface area contributed by atoms with Gasteiger partial charge in [0.2, 0.25) is 0 Å². The predicted octanol–water partition coefficient (Wildman–Crippen LogP) is 1.15. The smallest absolute Gasteiger partial charge is 0.269 e. The Kier molecular flexibility index (Phi) is 6.10. The van der Waals surface area contributed by atoms with Crippen LogP contribution < -0.4 is 14.4 Å². The van der Waals surface area contributed by atoms with E-state index in [9.17, 15) is 14.9 Å². The Morgan fingerprint density at radius 3 is 2.32 bits per heavy atom. The van der Waals surface area contributed by atoms with Gasteiger partial charge in [-0.25, -0.2) is 0 Å². The second kappa shape index (κ2) is 8.71. The molecule has 2 aromatic rings. The Bertz CT molecular complexity index is 840. The van der Waals surface area contributed by atoms with Crippen molar-refractivity contribution in [3.05, 3.63) is 63.7 Å². The van der Waals surface area contributed by atoms with Crippen LogP contribution in [0.2, 0.25) is 0 Å². The summed E-state index contributed by atoms with van der Waals surface area (Å²) < 4.78 is 10.5. The van der Waals surface area contributed by atoms with Crippen LogP contribution in [0.4, 0.5) is 5.69 Å². The Morgan fingerprint density at radius 1 is 1.11 bits per heavy atom. The topological polar surface area (TPSA) is 86.3 Å². The molecule has 28 heavy (non-hydrogen) atoms. The normalized spacial score (nSPS) is 14.6. The molecule has 0 unspecified atom stereocenters. The van der Waals surface area contributed by atoms with E-state index in [4.69, 9.17) is 9.47 Å². The molecule has 3 rings (SSSR count). The number of hydrogen-bond donors (Lipinski definition) is 1. The van der Waals surface area contributed by atoms with Crippen LogP contribution in [0.25, 0.3) is 0 Å². The highest BCUT2D eigenvalue weighted by molar-refractivity contribution is 5.95. The van der Waals surface area contributed by atoms with Crippen LogP contribution in [0.5, 0.6) is 11.5 Å². The molecule has 1 N–H and O–H groups in total. The molecule has 2 aromatic carbocycles. The minimum atomic E-state index is -0.377. The molecule has 0 aromatic heterocycles. The zero-order valence-corrected chi connectivity index (χ0v) is 16.0. The van der Waals surface area contributed by atoms with Crippen LogP contribution in [0.3, 0.4) is 0 Å². The second-order valence-corrected chi connectivity index (χ2v) is 6.75. The second-order valence-electron chi connectivity index (χ2n) is 6.75. The summed E-state index contributed by atoms with van der Waals surface area (Å²) in [6.45, 7) is 3.53.